The van der Waals surface area contributed by atoms with E-state index >= 15 is 0 Å². The SMILES string of the molecule is COc1ccc(C(=O)Oc2ccccc2C)cc1S(=O)(=O)N1CCCc2ccccc21. The molecule has 0 fully saturated rings. The van der Waals surface area contributed by atoms with Crippen LogP contribution in [0, 0.1) is 6.92 Å². The molecule has 0 bridgehead atoms. The highest BCUT2D eigenvalue weighted by Gasteiger charge is 2.32. The molecule has 4 rings (SSSR count). The van der Waals surface area contributed by atoms with Crippen molar-refractivity contribution in [1.82, 2.24) is 0 Å². The number of esters is 1. The maximum absolute atomic E-state index is 13.6. The van der Waals surface area contributed by atoms with E-state index in [-0.39, 0.29) is 16.2 Å². The van der Waals surface area contributed by atoms with Crippen molar-refractivity contribution >= 4 is 21.7 Å². The number of benzene rings is 3. The number of ether oxygens (including phenoxy) is 2. The van der Waals surface area contributed by atoms with Crippen LogP contribution in [-0.4, -0.2) is 28.0 Å². The molecule has 6 nitrogen and oxygen atoms in total. The second-order valence-corrected chi connectivity index (χ2v) is 9.16. The Morgan fingerprint density at radius 1 is 0.968 bits per heavy atom. The van der Waals surface area contributed by atoms with Gasteiger partial charge in [-0.05, 0) is 61.2 Å². The van der Waals surface area contributed by atoms with Gasteiger partial charge in [0.1, 0.15) is 16.4 Å². The summed E-state index contributed by atoms with van der Waals surface area (Å²) in [7, 11) is -2.55. The summed E-state index contributed by atoms with van der Waals surface area (Å²) in [4.78, 5) is 12.7. The van der Waals surface area contributed by atoms with Crippen LogP contribution in [0.25, 0.3) is 0 Å². The monoisotopic (exact) mass is 437 g/mol. The fourth-order valence-corrected chi connectivity index (χ4v) is 5.43. The molecule has 0 aromatic heterocycles. The van der Waals surface area contributed by atoms with E-state index in [1.807, 2.05) is 37.3 Å². The average molecular weight is 438 g/mol. The van der Waals surface area contributed by atoms with Gasteiger partial charge in [0.25, 0.3) is 10.0 Å². The van der Waals surface area contributed by atoms with Crippen molar-refractivity contribution in [2.45, 2.75) is 24.7 Å². The smallest absolute Gasteiger partial charge is 0.343 e. The molecule has 1 heterocycles. The third kappa shape index (κ3) is 4.01. The van der Waals surface area contributed by atoms with Gasteiger partial charge < -0.3 is 9.47 Å². The number of para-hydroxylation sites is 2. The van der Waals surface area contributed by atoms with Gasteiger partial charge in [0.05, 0.1) is 18.4 Å². The molecular formula is C24H23NO5S. The zero-order valence-corrected chi connectivity index (χ0v) is 18.2. The second kappa shape index (κ2) is 8.43. The molecule has 3 aromatic carbocycles. The Morgan fingerprint density at radius 3 is 2.48 bits per heavy atom. The van der Waals surface area contributed by atoms with E-state index in [9.17, 15) is 13.2 Å². The number of nitrogens with zero attached hydrogens (tertiary/aromatic N) is 1. The molecule has 0 N–H and O–H groups in total. The fourth-order valence-electron chi connectivity index (χ4n) is 3.70. The van der Waals surface area contributed by atoms with Gasteiger partial charge in [-0.1, -0.05) is 36.4 Å². The van der Waals surface area contributed by atoms with E-state index in [0.717, 1.165) is 17.5 Å². The van der Waals surface area contributed by atoms with Gasteiger partial charge in [0.2, 0.25) is 0 Å². The van der Waals surface area contributed by atoms with Crippen molar-refractivity contribution in [3.8, 4) is 11.5 Å². The first kappa shape index (κ1) is 20.9. The van der Waals surface area contributed by atoms with Gasteiger partial charge in [-0.2, -0.15) is 0 Å². The Morgan fingerprint density at radius 2 is 1.71 bits per heavy atom. The molecule has 0 saturated carbocycles. The van der Waals surface area contributed by atoms with Crippen LogP contribution in [0.15, 0.2) is 71.6 Å². The van der Waals surface area contributed by atoms with Crippen molar-refractivity contribution < 1.29 is 22.7 Å². The molecule has 7 heteroatoms. The number of anilines is 1. The van der Waals surface area contributed by atoms with Gasteiger partial charge >= 0.3 is 5.97 Å². The summed E-state index contributed by atoms with van der Waals surface area (Å²) in [6.07, 6.45) is 1.54. The summed E-state index contributed by atoms with van der Waals surface area (Å²) >= 11 is 0. The lowest BCUT2D eigenvalue weighted by Gasteiger charge is -2.31. The van der Waals surface area contributed by atoms with Gasteiger partial charge in [0.15, 0.2) is 0 Å². The Bertz CT molecular complexity index is 1240. The molecule has 0 saturated heterocycles. The van der Waals surface area contributed by atoms with Crippen LogP contribution >= 0.6 is 0 Å². The normalized spacial score (nSPS) is 13.4. The number of carbonyl (C=O) groups is 1. The molecule has 160 valence electrons. The number of sulfonamides is 1. The standard InChI is InChI=1S/C24H23NO5S/c1-17-8-3-6-12-21(17)30-24(26)19-13-14-22(29-2)23(16-19)31(27,28)25-15-7-10-18-9-4-5-11-20(18)25/h3-6,8-9,11-14,16H,7,10,15H2,1-2H3. The maximum Gasteiger partial charge on any atom is 0.343 e. The number of carbonyl (C=O) groups excluding carboxylic acids is 1. The number of hydrogen-bond acceptors (Lipinski definition) is 5. The highest BCUT2D eigenvalue weighted by atomic mass is 32.2. The average Bonchev–Trinajstić information content (AvgIpc) is 2.79. The Kier molecular flexibility index (Phi) is 5.69. The minimum atomic E-state index is -3.95. The summed E-state index contributed by atoms with van der Waals surface area (Å²) in [5.74, 6) is -0.0272. The van der Waals surface area contributed by atoms with Gasteiger partial charge in [-0.25, -0.2) is 13.2 Å². The molecule has 0 aliphatic carbocycles. The van der Waals surface area contributed by atoms with Crippen LogP contribution in [0.4, 0.5) is 5.69 Å². The maximum atomic E-state index is 13.6. The highest BCUT2D eigenvalue weighted by molar-refractivity contribution is 7.93. The topological polar surface area (TPSA) is 72.9 Å². The van der Waals surface area contributed by atoms with Crippen LogP contribution in [0.5, 0.6) is 11.5 Å². The van der Waals surface area contributed by atoms with E-state index in [1.165, 1.54) is 29.6 Å². The first-order chi connectivity index (χ1) is 14.9. The molecule has 1 aliphatic rings. The predicted molar refractivity (Wildman–Crippen MR) is 118 cm³/mol. The molecule has 0 radical (unpaired) electrons. The lowest BCUT2D eigenvalue weighted by atomic mass is 10.0. The second-order valence-electron chi connectivity index (χ2n) is 7.33. The molecule has 31 heavy (non-hydrogen) atoms. The third-order valence-electron chi connectivity index (χ3n) is 5.33. The molecule has 1 aliphatic heterocycles. The number of methoxy groups -OCH3 is 1. The molecule has 0 spiro atoms. The number of rotatable bonds is 5. The Hall–Kier alpha value is -3.32. The fraction of sp³-hybridized carbons (Fsp3) is 0.208. The predicted octanol–water partition coefficient (Wildman–Crippen LogP) is 4.36. The summed E-state index contributed by atoms with van der Waals surface area (Å²) in [5, 5.41) is 0. The highest BCUT2D eigenvalue weighted by Crippen LogP contribution is 2.35. The van der Waals surface area contributed by atoms with Gasteiger partial charge in [-0.3, -0.25) is 4.31 Å². The minimum Gasteiger partial charge on any atom is -0.495 e. The summed E-state index contributed by atoms with van der Waals surface area (Å²) < 4.78 is 39.4. The van der Waals surface area contributed by atoms with Crippen molar-refractivity contribution in [2.24, 2.45) is 0 Å². The first-order valence-corrected chi connectivity index (χ1v) is 11.4. The van der Waals surface area contributed by atoms with Gasteiger partial charge in [0, 0.05) is 6.54 Å². The summed E-state index contributed by atoms with van der Waals surface area (Å²) in [5.41, 5.74) is 2.57. The van der Waals surface area contributed by atoms with Crippen LogP contribution in [0.2, 0.25) is 0 Å². The van der Waals surface area contributed by atoms with Crippen molar-refractivity contribution in [3.05, 3.63) is 83.4 Å². The third-order valence-corrected chi connectivity index (χ3v) is 7.17. The van der Waals surface area contributed by atoms with E-state index in [2.05, 4.69) is 0 Å². The lowest BCUT2D eigenvalue weighted by molar-refractivity contribution is 0.0733. The molecular weight excluding hydrogens is 414 g/mol. The van der Waals surface area contributed by atoms with Crippen LogP contribution in [-0.2, 0) is 16.4 Å². The minimum absolute atomic E-state index is 0.0639. The molecule has 0 atom stereocenters. The number of aryl methyl sites for hydroxylation is 2. The van der Waals surface area contributed by atoms with Gasteiger partial charge in [-0.15, -0.1) is 0 Å². The molecule has 0 amide bonds. The van der Waals surface area contributed by atoms with Crippen molar-refractivity contribution in [3.63, 3.8) is 0 Å². The van der Waals surface area contributed by atoms with E-state index in [0.29, 0.717) is 24.4 Å². The van der Waals surface area contributed by atoms with Crippen molar-refractivity contribution in [2.75, 3.05) is 18.0 Å². The van der Waals surface area contributed by atoms with Crippen LogP contribution in [0.3, 0.4) is 0 Å². The first-order valence-electron chi connectivity index (χ1n) is 9.98. The summed E-state index contributed by atoms with van der Waals surface area (Å²) in [6.45, 7) is 2.20. The van der Waals surface area contributed by atoms with Crippen LogP contribution < -0.4 is 13.8 Å². The number of fused-ring (bicyclic) bond motifs is 1. The molecule has 3 aromatic rings. The number of hydrogen-bond donors (Lipinski definition) is 0. The van der Waals surface area contributed by atoms with E-state index < -0.39 is 16.0 Å². The van der Waals surface area contributed by atoms with Crippen molar-refractivity contribution in [1.29, 1.82) is 0 Å². The van der Waals surface area contributed by atoms with Crippen LogP contribution in [0.1, 0.15) is 27.9 Å². The largest absolute Gasteiger partial charge is 0.495 e. The Balaban J connectivity index is 1.73. The molecule has 0 unspecified atom stereocenters. The van der Waals surface area contributed by atoms with E-state index in [4.69, 9.17) is 9.47 Å². The summed E-state index contributed by atoms with van der Waals surface area (Å²) in [6, 6.07) is 18.9. The lowest BCUT2D eigenvalue weighted by Crippen LogP contribution is -2.35. The quantitative estimate of drug-likeness (QED) is 0.438. The zero-order valence-electron chi connectivity index (χ0n) is 17.4. The Labute approximate surface area is 182 Å². The zero-order chi connectivity index (χ0) is 22.0. The van der Waals surface area contributed by atoms with E-state index in [1.54, 1.807) is 18.2 Å².